The lowest BCUT2D eigenvalue weighted by Crippen LogP contribution is -2.32. The standard InChI is InChI=1S/C97H65F2NO3/c1-3-62-29-48-73(49-30-62)101-75-52-38-67(39-53-75)95(65-34-42-69(98)43-35-65)84-21-9-5-18-78(84)82-57-46-71(60-90(82)95)100(92-26-14-8-17-77(92)64-33-56-81-80-20-7-11-23-86(80)97(89(81)59-64)87-24-12-15-27-93(87)103-94-28-16-13-25-88(94)97)72-47-58-83-79-19-6-10-22-85(79)96(91(83)61-72,66-36-44-70(99)45-37-66)68-40-54-76(55-41-68)102-74-50-31-63(4-2)32-51-74/h3-9,11-21,23-61H,1-2,10,22H2. The number of hydrogen-bond acceptors (Lipinski definition) is 4. The highest BCUT2D eigenvalue weighted by Gasteiger charge is 2.53. The second kappa shape index (κ2) is 24.2. The Labute approximate surface area is 598 Å². The minimum absolute atomic E-state index is 0.307. The van der Waals surface area contributed by atoms with Crippen LogP contribution in [-0.4, -0.2) is 0 Å². The number of hydrogen-bond donors (Lipinski definition) is 0. The molecule has 0 fully saturated rings. The van der Waals surface area contributed by atoms with Crippen molar-refractivity contribution in [1.29, 1.82) is 0 Å². The molecule has 2 atom stereocenters. The Bertz CT molecular complexity index is 5790. The van der Waals surface area contributed by atoms with Crippen LogP contribution in [0.2, 0.25) is 0 Å². The Hall–Kier alpha value is -12.9. The molecule has 14 aromatic carbocycles. The molecule has 4 nitrogen and oxygen atoms in total. The Morgan fingerprint density at radius 1 is 0.350 bits per heavy atom. The van der Waals surface area contributed by atoms with Crippen LogP contribution < -0.4 is 19.1 Å². The highest BCUT2D eigenvalue weighted by molar-refractivity contribution is 5.98. The van der Waals surface area contributed by atoms with Crippen molar-refractivity contribution in [3.8, 4) is 67.9 Å². The third-order valence-electron chi connectivity index (χ3n) is 22.0. The van der Waals surface area contributed by atoms with E-state index in [-0.39, 0.29) is 11.6 Å². The average molecular weight is 1330 g/mol. The second-order valence-corrected chi connectivity index (χ2v) is 27.2. The summed E-state index contributed by atoms with van der Waals surface area (Å²) >= 11 is 0. The third kappa shape index (κ3) is 9.40. The number of halogens is 2. The first kappa shape index (κ1) is 61.2. The van der Waals surface area contributed by atoms with Gasteiger partial charge in [0, 0.05) is 28.1 Å². The third-order valence-corrected chi connectivity index (χ3v) is 22.0. The van der Waals surface area contributed by atoms with Gasteiger partial charge in [0.25, 0.3) is 0 Å². The summed E-state index contributed by atoms with van der Waals surface area (Å²) in [6.07, 6.45) is 9.84. The lowest BCUT2D eigenvalue weighted by molar-refractivity contribution is 0.436. The van der Waals surface area contributed by atoms with E-state index in [9.17, 15) is 0 Å². The minimum atomic E-state index is -0.958. The second-order valence-electron chi connectivity index (χ2n) is 27.2. The van der Waals surface area contributed by atoms with E-state index in [1.807, 2.05) is 97.1 Å². The molecule has 490 valence electrons. The molecule has 19 rings (SSSR count). The fourth-order valence-corrected chi connectivity index (χ4v) is 17.6. The summed E-state index contributed by atoms with van der Waals surface area (Å²) in [6.45, 7) is 7.90. The van der Waals surface area contributed by atoms with Crippen LogP contribution in [0.25, 0.3) is 51.1 Å². The highest BCUT2D eigenvalue weighted by Crippen LogP contribution is 2.65. The summed E-state index contributed by atoms with van der Waals surface area (Å²) in [6, 6.07) is 111. The lowest BCUT2D eigenvalue weighted by Gasteiger charge is -2.39. The van der Waals surface area contributed by atoms with Gasteiger partial charge in [-0.2, -0.15) is 0 Å². The van der Waals surface area contributed by atoms with Gasteiger partial charge in [-0.25, -0.2) is 8.78 Å². The van der Waals surface area contributed by atoms with E-state index in [0.29, 0.717) is 23.0 Å². The van der Waals surface area contributed by atoms with Gasteiger partial charge < -0.3 is 19.1 Å². The quantitative estimate of drug-likeness (QED) is 0.109. The van der Waals surface area contributed by atoms with Gasteiger partial charge in [-0.05, 0) is 240 Å². The van der Waals surface area contributed by atoms with Crippen LogP contribution in [0.3, 0.4) is 0 Å². The van der Waals surface area contributed by atoms with Gasteiger partial charge in [0.05, 0.1) is 21.9 Å². The van der Waals surface area contributed by atoms with Gasteiger partial charge in [-0.1, -0.05) is 238 Å². The van der Waals surface area contributed by atoms with E-state index in [1.54, 1.807) is 24.3 Å². The molecule has 1 spiro atoms. The molecule has 0 saturated carbocycles. The summed E-state index contributed by atoms with van der Waals surface area (Å²) in [7, 11) is 0. The first-order valence-corrected chi connectivity index (χ1v) is 35.1. The zero-order valence-electron chi connectivity index (χ0n) is 56.2. The van der Waals surface area contributed by atoms with Crippen LogP contribution in [-0.2, 0) is 16.2 Å². The summed E-state index contributed by atoms with van der Waals surface area (Å²) < 4.78 is 51.2. The zero-order chi connectivity index (χ0) is 69.0. The minimum Gasteiger partial charge on any atom is -0.457 e. The van der Waals surface area contributed by atoms with Crippen molar-refractivity contribution in [3.63, 3.8) is 0 Å². The topological polar surface area (TPSA) is 30.9 Å². The number of allylic oxidation sites excluding steroid dienone is 4. The van der Waals surface area contributed by atoms with Crippen molar-refractivity contribution in [2.24, 2.45) is 0 Å². The maximum absolute atomic E-state index is 15.6. The van der Waals surface area contributed by atoms with Gasteiger partial charge in [0.2, 0.25) is 0 Å². The van der Waals surface area contributed by atoms with Crippen LogP contribution in [0.4, 0.5) is 25.8 Å². The van der Waals surface area contributed by atoms with E-state index < -0.39 is 16.2 Å². The lowest BCUT2D eigenvalue weighted by atomic mass is 9.65. The van der Waals surface area contributed by atoms with Crippen LogP contribution in [0, 0.1) is 11.6 Å². The van der Waals surface area contributed by atoms with Crippen LogP contribution >= 0.6 is 0 Å². The molecule has 6 heteroatoms. The summed E-state index contributed by atoms with van der Waals surface area (Å²) in [5.74, 6) is 3.82. The molecule has 0 bridgehead atoms. The largest absolute Gasteiger partial charge is 0.457 e. The maximum Gasteiger partial charge on any atom is 0.132 e. The molecule has 4 aliphatic carbocycles. The van der Waals surface area contributed by atoms with Gasteiger partial charge in [-0.15, -0.1) is 0 Å². The molecule has 0 N–H and O–H groups in total. The fraction of sp³-hybridized carbons (Fsp3) is 0.0515. The number of ether oxygens (including phenoxy) is 3. The molecule has 5 aliphatic rings. The first-order valence-electron chi connectivity index (χ1n) is 35.1. The van der Waals surface area contributed by atoms with Crippen molar-refractivity contribution < 1.29 is 23.0 Å². The summed E-state index contributed by atoms with van der Waals surface area (Å²) in [5, 5.41) is 0. The van der Waals surface area contributed by atoms with E-state index in [4.69, 9.17) is 14.2 Å². The molecular formula is C97H65F2NO3. The Morgan fingerprint density at radius 3 is 1.27 bits per heavy atom. The molecule has 103 heavy (non-hydrogen) atoms. The predicted molar refractivity (Wildman–Crippen MR) is 412 cm³/mol. The van der Waals surface area contributed by atoms with Crippen molar-refractivity contribution in [3.05, 3.63) is 442 Å². The number of fused-ring (bicyclic) bond motifs is 14. The molecule has 0 amide bonds. The molecule has 0 aromatic heterocycles. The number of para-hydroxylation sites is 3. The SMILES string of the molecule is C=Cc1ccc(Oc2ccc(C3(c4ccc(F)cc4)C4=C(C=CCC4)c4ccc(N(c5ccc6c(c5)C(c5ccc(F)cc5)(c5ccc(Oc7ccc(C=C)cc7)cc5)c5ccccc5-6)c5ccccc5-c5ccc6c(c5)C5(c7ccccc7Oc7ccccc75)c5ccccc5-6)cc43)cc2)cc1. The highest BCUT2D eigenvalue weighted by atomic mass is 19.1. The van der Waals surface area contributed by atoms with Gasteiger partial charge >= 0.3 is 0 Å². The maximum atomic E-state index is 15.6. The summed E-state index contributed by atoms with van der Waals surface area (Å²) in [4.78, 5) is 2.44. The number of benzene rings is 14. The van der Waals surface area contributed by atoms with Crippen molar-refractivity contribution in [2.45, 2.75) is 29.1 Å². The normalized spacial score (nSPS) is 16.4. The number of anilines is 3. The molecular weight excluding hydrogens is 1270 g/mol. The molecule has 0 saturated heterocycles. The van der Waals surface area contributed by atoms with Crippen LogP contribution in [0.1, 0.15) is 90.7 Å². The molecule has 0 radical (unpaired) electrons. The molecule has 14 aromatic rings. The van der Waals surface area contributed by atoms with Gasteiger partial charge in [-0.3, -0.25) is 0 Å². The Morgan fingerprint density at radius 2 is 0.748 bits per heavy atom. The molecule has 2 unspecified atom stereocenters. The van der Waals surface area contributed by atoms with Gasteiger partial charge in [0.15, 0.2) is 0 Å². The van der Waals surface area contributed by atoms with Gasteiger partial charge in [0.1, 0.15) is 46.1 Å². The molecule has 1 aliphatic heterocycles. The fourth-order valence-electron chi connectivity index (χ4n) is 17.6. The van der Waals surface area contributed by atoms with E-state index in [0.717, 1.165) is 136 Å². The number of rotatable bonds is 14. The van der Waals surface area contributed by atoms with Crippen molar-refractivity contribution in [2.75, 3.05) is 4.90 Å². The zero-order valence-corrected chi connectivity index (χ0v) is 56.2. The van der Waals surface area contributed by atoms with E-state index in [1.165, 1.54) is 27.8 Å². The Balaban J connectivity index is 0.851. The molecule has 1 heterocycles. The predicted octanol–water partition coefficient (Wildman–Crippen LogP) is 25.3. The first-order chi connectivity index (χ1) is 50.7. The average Bonchev–Trinajstić information content (AvgIpc) is 1.57. The van der Waals surface area contributed by atoms with Crippen molar-refractivity contribution in [1.82, 2.24) is 0 Å². The summed E-state index contributed by atoms with van der Waals surface area (Å²) in [5.41, 5.74) is 23.9. The number of nitrogens with zero attached hydrogens (tertiary/aromatic N) is 1. The monoisotopic (exact) mass is 1330 g/mol. The Kier molecular flexibility index (Phi) is 14.4. The van der Waals surface area contributed by atoms with Crippen LogP contribution in [0.15, 0.2) is 352 Å². The van der Waals surface area contributed by atoms with Crippen LogP contribution in [0.5, 0.6) is 34.5 Å². The van der Waals surface area contributed by atoms with E-state index in [2.05, 4.69) is 243 Å². The smallest absolute Gasteiger partial charge is 0.132 e. The van der Waals surface area contributed by atoms with Crippen molar-refractivity contribution >= 4 is 34.8 Å². The van der Waals surface area contributed by atoms with E-state index >= 15 is 8.78 Å².